The molecule has 0 atom stereocenters. The van der Waals surface area contributed by atoms with Crippen molar-refractivity contribution in [3.8, 4) is 0 Å². The fourth-order valence-corrected chi connectivity index (χ4v) is 1.78. The Morgan fingerprint density at radius 1 is 0.842 bits per heavy atom. The molecule has 0 N–H and O–H groups in total. The van der Waals surface area contributed by atoms with E-state index in [0.717, 1.165) is 13.7 Å². The highest BCUT2D eigenvalue weighted by atomic mass is 127. The van der Waals surface area contributed by atoms with E-state index in [1.807, 2.05) is 22.6 Å². The Labute approximate surface area is 123 Å². The molecule has 19 heavy (non-hydrogen) atoms. The molecule has 0 amide bonds. The van der Waals surface area contributed by atoms with Crippen LogP contribution in [0.25, 0.3) is 0 Å². The van der Waals surface area contributed by atoms with Gasteiger partial charge in [-0.25, -0.2) is 28.1 Å². The smallest absolute Gasteiger partial charge is 0.247 e. The molecule has 1 aromatic heterocycles. The molecule has 0 aromatic carbocycles. The first-order chi connectivity index (χ1) is 9.08. The van der Waals surface area contributed by atoms with Crippen LogP contribution in [0.3, 0.4) is 0 Å². The number of halogens is 1. The van der Waals surface area contributed by atoms with E-state index in [-0.39, 0.29) is 19.6 Å². The zero-order valence-electron chi connectivity index (χ0n) is 10.3. The fourth-order valence-electron chi connectivity index (χ4n) is 1.55. The van der Waals surface area contributed by atoms with Crippen molar-refractivity contribution in [2.45, 2.75) is 19.6 Å². The van der Waals surface area contributed by atoms with E-state index >= 15 is 0 Å². The second-order valence-electron chi connectivity index (χ2n) is 3.62. The standard InChI is InChI=1S/C12H14IN3O3/c1-3-7-14-10(17)15(8-4-2)12(19)16(11(14)18)9-5-6-13/h3-6H,1-2,7-9H2/b6-5+. The molecule has 7 heteroatoms. The molecule has 0 aliphatic heterocycles. The van der Waals surface area contributed by atoms with Crippen LogP contribution in [0.15, 0.2) is 49.9 Å². The molecule has 1 heterocycles. The minimum Gasteiger partial charge on any atom is -0.247 e. The molecule has 6 nitrogen and oxygen atoms in total. The van der Waals surface area contributed by atoms with Crippen LogP contribution in [0.1, 0.15) is 0 Å². The van der Waals surface area contributed by atoms with Crippen LogP contribution in [-0.4, -0.2) is 13.7 Å². The van der Waals surface area contributed by atoms with Gasteiger partial charge in [-0.15, -0.1) is 13.2 Å². The Hall–Kier alpha value is -1.64. The SMILES string of the molecule is C=CCn1c(=O)n(CC=C)c(=O)n(C/C=C/I)c1=O. The number of nitrogens with zero attached hydrogens (tertiary/aromatic N) is 3. The summed E-state index contributed by atoms with van der Waals surface area (Å²) in [6.45, 7) is 7.23. The number of allylic oxidation sites excluding steroid dienone is 3. The summed E-state index contributed by atoms with van der Waals surface area (Å²) in [4.78, 5) is 36.1. The average Bonchev–Trinajstić information content (AvgIpc) is 2.40. The first-order valence-electron chi connectivity index (χ1n) is 5.50. The minimum atomic E-state index is -0.649. The average molecular weight is 375 g/mol. The summed E-state index contributed by atoms with van der Waals surface area (Å²) >= 11 is 1.99. The lowest BCUT2D eigenvalue weighted by atomic mass is 10.5. The molecule has 1 aromatic rings. The maximum Gasteiger partial charge on any atom is 0.336 e. The Kier molecular flexibility index (Phi) is 5.74. The minimum absolute atomic E-state index is 0.0586. The summed E-state index contributed by atoms with van der Waals surface area (Å²) in [7, 11) is 0. The molecule has 1 rings (SSSR count). The zero-order valence-corrected chi connectivity index (χ0v) is 12.4. The highest BCUT2D eigenvalue weighted by Gasteiger charge is 2.12. The van der Waals surface area contributed by atoms with Crippen LogP contribution < -0.4 is 17.1 Å². The third kappa shape index (κ3) is 3.22. The molecule has 0 spiro atoms. The maximum absolute atomic E-state index is 12.1. The van der Waals surface area contributed by atoms with Crippen LogP contribution in [0.5, 0.6) is 0 Å². The van der Waals surface area contributed by atoms with Gasteiger partial charge in [-0.2, -0.15) is 0 Å². The van der Waals surface area contributed by atoms with Crippen molar-refractivity contribution >= 4 is 22.6 Å². The van der Waals surface area contributed by atoms with Gasteiger partial charge in [-0.1, -0.05) is 40.8 Å². The van der Waals surface area contributed by atoms with Gasteiger partial charge in [0.25, 0.3) is 0 Å². The topological polar surface area (TPSA) is 66.0 Å². The fraction of sp³-hybridized carbons (Fsp3) is 0.250. The van der Waals surface area contributed by atoms with Crippen molar-refractivity contribution in [1.82, 2.24) is 13.7 Å². The van der Waals surface area contributed by atoms with Crippen molar-refractivity contribution in [1.29, 1.82) is 0 Å². The Bertz CT molecular complexity index is 631. The molecule has 102 valence electrons. The van der Waals surface area contributed by atoms with Crippen molar-refractivity contribution in [2.24, 2.45) is 0 Å². The van der Waals surface area contributed by atoms with Gasteiger partial charge in [-0.05, 0) is 4.08 Å². The third-order valence-corrected chi connectivity index (χ3v) is 2.89. The van der Waals surface area contributed by atoms with E-state index < -0.39 is 17.1 Å². The zero-order chi connectivity index (χ0) is 14.4. The van der Waals surface area contributed by atoms with Crippen molar-refractivity contribution in [3.05, 3.63) is 66.9 Å². The van der Waals surface area contributed by atoms with E-state index in [1.54, 1.807) is 10.2 Å². The molecule has 0 unspecified atom stereocenters. The number of hydrogen-bond acceptors (Lipinski definition) is 3. The van der Waals surface area contributed by atoms with Gasteiger partial charge in [0.15, 0.2) is 0 Å². The quantitative estimate of drug-likeness (QED) is 0.537. The van der Waals surface area contributed by atoms with Gasteiger partial charge >= 0.3 is 17.1 Å². The number of hydrogen-bond donors (Lipinski definition) is 0. The number of rotatable bonds is 6. The van der Waals surface area contributed by atoms with Crippen molar-refractivity contribution in [3.63, 3.8) is 0 Å². The van der Waals surface area contributed by atoms with Gasteiger partial charge < -0.3 is 0 Å². The summed E-state index contributed by atoms with van der Waals surface area (Å²) < 4.78 is 4.64. The number of aromatic nitrogens is 3. The molecular formula is C12H14IN3O3. The normalized spacial score (nSPS) is 10.8. The Balaban J connectivity index is 3.68. The predicted octanol–water partition coefficient (Wildman–Crippen LogP) is 0.492. The third-order valence-electron chi connectivity index (χ3n) is 2.39. The van der Waals surface area contributed by atoms with Crippen molar-refractivity contribution in [2.75, 3.05) is 0 Å². The molecular weight excluding hydrogens is 361 g/mol. The summed E-state index contributed by atoms with van der Waals surface area (Å²) in [6, 6.07) is 0. The lowest BCUT2D eigenvalue weighted by Crippen LogP contribution is -2.54. The lowest BCUT2D eigenvalue weighted by Gasteiger charge is -2.10. The molecule has 0 fully saturated rings. The van der Waals surface area contributed by atoms with E-state index in [2.05, 4.69) is 13.2 Å². The van der Waals surface area contributed by atoms with Crippen LogP contribution in [-0.2, 0) is 19.6 Å². The van der Waals surface area contributed by atoms with Crippen LogP contribution in [0.2, 0.25) is 0 Å². The van der Waals surface area contributed by atoms with Gasteiger partial charge in [0.1, 0.15) is 0 Å². The highest BCUT2D eigenvalue weighted by molar-refractivity contribution is 14.1. The molecule has 0 radical (unpaired) electrons. The Morgan fingerprint density at radius 3 is 1.53 bits per heavy atom. The second-order valence-corrected chi connectivity index (χ2v) is 4.34. The molecule has 0 saturated heterocycles. The predicted molar refractivity (Wildman–Crippen MR) is 82.8 cm³/mol. The second kappa shape index (κ2) is 7.07. The summed E-state index contributed by atoms with van der Waals surface area (Å²) in [5, 5.41) is 0. The molecule has 0 aliphatic rings. The van der Waals surface area contributed by atoms with Crippen LogP contribution >= 0.6 is 22.6 Å². The van der Waals surface area contributed by atoms with Crippen molar-refractivity contribution < 1.29 is 0 Å². The molecule has 0 bridgehead atoms. The first-order valence-corrected chi connectivity index (χ1v) is 6.74. The summed E-state index contributed by atoms with van der Waals surface area (Å²) in [6.07, 6.45) is 4.53. The maximum atomic E-state index is 12.1. The van der Waals surface area contributed by atoms with Gasteiger partial charge in [0.2, 0.25) is 0 Å². The van der Waals surface area contributed by atoms with E-state index in [9.17, 15) is 14.4 Å². The van der Waals surface area contributed by atoms with Gasteiger partial charge in [0.05, 0.1) is 19.6 Å². The monoisotopic (exact) mass is 375 g/mol. The van der Waals surface area contributed by atoms with E-state index in [4.69, 9.17) is 0 Å². The summed E-state index contributed by atoms with van der Waals surface area (Å²) in [5.74, 6) is 0. The van der Waals surface area contributed by atoms with Crippen LogP contribution in [0, 0.1) is 0 Å². The highest BCUT2D eigenvalue weighted by Crippen LogP contribution is 1.85. The van der Waals surface area contributed by atoms with E-state index in [0.29, 0.717) is 0 Å². The molecule has 0 saturated carbocycles. The van der Waals surface area contributed by atoms with Crippen LogP contribution in [0.4, 0.5) is 0 Å². The summed E-state index contributed by atoms with van der Waals surface area (Å²) in [5.41, 5.74) is -1.92. The lowest BCUT2D eigenvalue weighted by molar-refractivity contribution is 0.502. The Morgan fingerprint density at radius 2 is 1.21 bits per heavy atom. The first kappa shape index (κ1) is 15.4. The van der Waals surface area contributed by atoms with Gasteiger partial charge in [-0.3, -0.25) is 0 Å². The molecule has 0 aliphatic carbocycles. The van der Waals surface area contributed by atoms with E-state index in [1.165, 1.54) is 12.2 Å². The van der Waals surface area contributed by atoms with Gasteiger partial charge in [0, 0.05) is 0 Å². The largest absolute Gasteiger partial charge is 0.336 e.